The molecule has 1 heterocycles. The molecule has 0 aliphatic carbocycles. The molecule has 2 rings (SSSR count). The Kier molecular flexibility index (Phi) is 4.68. The first-order valence-corrected chi connectivity index (χ1v) is 7.43. The van der Waals surface area contributed by atoms with Crippen LogP contribution in [0.3, 0.4) is 0 Å². The monoisotopic (exact) mass is 363 g/mol. The number of hydrogen-bond donors (Lipinski definition) is 0. The van der Waals surface area contributed by atoms with Crippen molar-refractivity contribution in [3.63, 3.8) is 0 Å². The van der Waals surface area contributed by atoms with Crippen molar-refractivity contribution in [2.24, 2.45) is 5.92 Å². The minimum Gasteiger partial charge on any atom is -0.338 e. The number of halogens is 2. The Morgan fingerprint density at radius 3 is 2.76 bits per heavy atom. The zero-order chi connectivity index (χ0) is 12.3. The highest BCUT2D eigenvalue weighted by Gasteiger charge is 2.23. The van der Waals surface area contributed by atoms with Gasteiger partial charge in [-0.25, -0.2) is 0 Å². The van der Waals surface area contributed by atoms with E-state index in [1.165, 1.54) is 0 Å². The number of alkyl halides is 1. The van der Waals surface area contributed by atoms with E-state index >= 15 is 0 Å². The van der Waals surface area contributed by atoms with Gasteiger partial charge < -0.3 is 4.90 Å². The highest BCUT2D eigenvalue weighted by Crippen LogP contribution is 2.19. The number of benzene rings is 1. The molecule has 1 atom stereocenters. The maximum Gasteiger partial charge on any atom is 0.253 e. The van der Waals surface area contributed by atoms with Gasteiger partial charge in [0.05, 0.1) is 0 Å². The molecule has 17 heavy (non-hydrogen) atoms. The molecule has 2 nitrogen and oxygen atoms in total. The maximum absolute atomic E-state index is 12.3. The summed E-state index contributed by atoms with van der Waals surface area (Å²) in [6.45, 7) is 1.66. The Bertz CT molecular complexity index is 393. The molecule has 4 heteroatoms. The second kappa shape index (κ2) is 6.05. The van der Waals surface area contributed by atoms with Gasteiger partial charge in [0.15, 0.2) is 0 Å². The second-order valence-electron chi connectivity index (χ2n) is 4.42. The van der Waals surface area contributed by atoms with Crippen LogP contribution < -0.4 is 0 Å². The van der Waals surface area contributed by atoms with Crippen molar-refractivity contribution in [1.29, 1.82) is 0 Å². The van der Waals surface area contributed by atoms with E-state index in [1.807, 2.05) is 29.2 Å². The summed E-state index contributed by atoms with van der Waals surface area (Å²) in [4.78, 5) is 14.2. The van der Waals surface area contributed by atoms with Gasteiger partial charge in [-0.15, -0.1) is 11.6 Å². The summed E-state index contributed by atoms with van der Waals surface area (Å²) in [7, 11) is 0. The molecule has 0 bridgehead atoms. The number of nitrogens with zero attached hydrogens (tertiary/aromatic N) is 1. The zero-order valence-corrected chi connectivity index (χ0v) is 12.4. The molecule has 1 fully saturated rings. The molecule has 1 aliphatic heterocycles. The van der Waals surface area contributed by atoms with Gasteiger partial charge >= 0.3 is 0 Å². The molecule has 1 amide bonds. The average Bonchev–Trinajstić information content (AvgIpc) is 2.39. The van der Waals surface area contributed by atoms with E-state index in [4.69, 9.17) is 11.6 Å². The van der Waals surface area contributed by atoms with E-state index in [-0.39, 0.29) is 5.91 Å². The van der Waals surface area contributed by atoms with Gasteiger partial charge in [0.1, 0.15) is 0 Å². The molecule has 1 aliphatic rings. The van der Waals surface area contributed by atoms with Crippen LogP contribution in [0.4, 0.5) is 0 Å². The third-order valence-corrected chi connectivity index (χ3v) is 4.27. The number of amides is 1. The second-order valence-corrected chi connectivity index (χ2v) is 5.97. The Morgan fingerprint density at radius 1 is 1.41 bits per heavy atom. The fourth-order valence-electron chi connectivity index (χ4n) is 2.15. The molecule has 0 saturated carbocycles. The molecule has 0 N–H and O–H groups in total. The third-order valence-electron chi connectivity index (χ3n) is 3.12. The standard InChI is InChI=1S/C13H15ClINO/c14-8-10-2-1-7-16(9-10)13(17)11-3-5-12(15)6-4-11/h3-6,10H,1-2,7-9H2. The number of rotatable bonds is 2. The van der Waals surface area contributed by atoms with E-state index in [1.54, 1.807) is 0 Å². The SMILES string of the molecule is O=C(c1ccc(I)cc1)N1CCCC(CCl)C1. The lowest BCUT2D eigenvalue weighted by Crippen LogP contribution is -2.40. The lowest BCUT2D eigenvalue weighted by atomic mass is 9.99. The van der Waals surface area contributed by atoms with E-state index in [2.05, 4.69) is 22.6 Å². The summed E-state index contributed by atoms with van der Waals surface area (Å²) in [6, 6.07) is 7.73. The molecular weight excluding hydrogens is 349 g/mol. The molecule has 1 saturated heterocycles. The van der Waals surface area contributed by atoms with Crippen LogP contribution in [-0.4, -0.2) is 29.8 Å². The predicted molar refractivity (Wildman–Crippen MR) is 78.5 cm³/mol. The largest absolute Gasteiger partial charge is 0.338 e. The minimum absolute atomic E-state index is 0.135. The van der Waals surface area contributed by atoms with E-state index in [0.717, 1.165) is 35.1 Å². The lowest BCUT2D eigenvalue weighted by Gasteiger charge is -2.31. The van der Waals surface area contributed by atoms with Gasteiger partial charge in [-0.2, -0.15) is 0 Å². The van der Waals surface area contributed by atoms with Crippen molar-refractivity contribution in [1.82, 2.24) is 4.90 Å². The van der Waals surface area contributed by atoms with Crippen LogP contribution in [0, 0.1) is 9.49 Å². The molecule has 0 radical (unpaired) electrons. The van der Waals surface area contributed by atoms with Crippen LogP contribution >= 0.6 is 34.2 Å². The minimum atomic E-state index is 0.135. The van der Waals surface area contributed by atoms with Gasteiger partial charge in [-0.3, -0.25) is 4.79 Å². The quantitative estimate of drug-likeness (QED) is 0.583. The number of likely N-dealkylation sites (tertiary alicyclic amines) is 1. The fourth-order valence-corrected chi connectivity index (χ4v) is 2.76. The highest BCUT2D eigenvalue weighted by molar-refractivity contribution is 14.1. The van der Waals surface area contributed by atoms with Crippen molar-refractivity contribution in [3.8, 4) is 0 Å². The summed E-state index contributed by atoms with van der Waals surface area (Å²) in [5.74, 6) is 1.24. The van der Waals surface area contributed by atoms with Crippen LogP contribution in [0.15, 0.2) is 24.3 Å². The van der Waals surface area contributed by atoms with Crippen molar-refractivity contribution in [3.05, 3.63) is 33.4 Å². The van der Waals surface area contributed by atoms with Gasteiger partial charge in [0, 0.05) is 28.1 Å². The van der Waals surface area contributed by atoms with E-state index in [0.29, 0.717) is 11.8 Å². The van der Waals surface area contributed by atoms with Crippen LogP contribution in [0.25, 0.3) is 0 Å². The summed E-state index contributed by atoms with van der Waals surface area (Å²) < 4.78 is 1.15. The van der Waals surface area contributed by atoms with Gasteiger partial charge in [0.25, 0.3) is 5.91 Å². The summed E-state index contributed by atoms with van der Waals surface area (Å²) in [5.41, 5.74) is 0.778. The molecule has 0 spiro atoms. The normalized spacial score (nSPS) is 20.4. The predicted octanol–water partition coefficient (Wildman–Crippen LogP) is 3.38. The molecule has 1 unspecified atom stereocenters. The van der Waals surface area contributed by atoms with Crippen molar-refractivity contribution >= 4 is 40.1 Å². The Labute approximate surface area is 120 Å². The summed E-state index contributed by atoms with van der Waals surface area (Å²) in [6.07, 6.45) is 2.20. The Hall–Kier alpha value is -0.290. The highest BCUT2D eigenvalue weighted by atomic mass is 127. The van der Waals surface area contributed by atoms with E-state index in [9.17, 15) is 4.79 Å². The summed E-state index contributed by atoms with van der Waals surface area (Å²) >= 11 is 8.12. The zero-order valence-electron chi connectivity index (χ0n) is 9.53. The van der Waals surface area contributed by atoms with Crippen molar-refractivity contribution < 1.29 is 4.79 Å². The Balaban J connectivity index is 2.06. The molecule has 1 aromatic rings. The molecule has 92 valence electrons. The first-order valence-electron chi connectivity index (χ1n) is 5.81. The molecular formula is C13H15ClINO. The number of hydrogen-bond acceptors (Lipinski definition) is 1. The molecule has 1 aromatic carbocycles. The fraction of sp³-hybridized carbons (Fsp3) is 0.462. The Morgan fingerprint density at radius 2 is 2.12 bits per heavy atom. The molecule has 0 aromatic heterocycles. The lowest BCUT2D eigenvalue weighted by molar-refractivity contribution is 0.0685. The van der Waals surface area contributed by atoms with Crippen LogP contribution in [-0.2, 0) is 0 Å². The van der Waals surface area contributed by atoms with Gasteiger partial charge in [-0.1, -0.05) is 0 Å². The number of piperidine rings is 1. The van der Waals surface area contributed by atoms with Crippen LogP contribution in [0.1, 0.15) is 23.2 Å². The van der Waals surface area contributed by atoms with Gasteiger partial charge in [0.2, 0.25) is 0 Å². The van der Waals surface area contributed by atoms with E-state index < -0.39 is 0 Å². The van der Waals surface area contributed by atoms with Crippen LogP contribution in [0.2, 0.25) is 0 Å². The maximum atomic E-state index is 12.3. The van der Waals surface area contributed by atoms with Gasteiger partial charge in [-0.05, 0) is 65.6 Å². The van der Waals surface area contributed by atoms with Crippen molar-refractivity contribution in [2.45, 2.75) is 12.8 Å². The smallest absolute Gasteiger partial charge is 0.253 e. The summed E-state index contributed by atoms with van der Waals surface area (Å²) in [5, 5.41) is 0. The first kappa shape index (κ1) is 13.1. The van der Waals surface area contributed by atoms with Crippen LogP contribution in [0.5, 0.6) is 0 Å². The number of carbonyl (C=O) groups is 1. The van der Waals surface area contributed by atoms with Crippen molar-refractivity contribution in [2.75, 3.05) is 19.0 Å². The average molecular weight is 364 g/mol. The third kappa shape index (κ3) is 3.35. The first-order chi connectivity index (χ1) is 8.20. The number of carbonyl (C=O) groups excluding carboxylic acids is 1. The topological polar surface area (TPSA) is 20.3 Å².